The lowest BCUT2D eigenvalue weighted by molar-refractivity contribution is 0.0975. The van der Waals surface area contributed by atoms with E-state index in [1.54, 1.807) is 20.3 Å². The Morgan fingerprint density at radius 3 is 2.30 bits per heavy atom. The third-order valence-electron chi connectivity index (χ3n) is 4.94. The molecule has 0 fully saturated rings. The fraction of sp³-hybridized carbons (Fsp3) is 0.125. The van der Waals surface area contributed by atoms with Crippen molar-refractivity contribution in [3.05, 3.63) is 65.5 Å². The Balaban J connectivity index is 1.47. The highest BCUT2D eigenvalue weighted by Crippen LogP contribution is 2.33. The number of thiocarbonyl (C=S) groups is 1. The average Bonchev–Trinajstić information content (AvgIpc) is 3.30. The number of hydrogen-bond donors (Lipinski definition) is 2. The Labute approximate surface area is 200 Å². The van der Waals surface area contributed by atoms with E-state index in [4.69, 9.17) is 26.4 Å². The van der Waals surface area contributed by atoms with Crippen molar-refractivity contribution in [1.29, 1.82) is 0 Å². The quantitative estimate of drug-likeness (QED) is 0.372. The minimum absolute atomic E-state index is 0.142. The minimum atomic E-state index is -0.369. The van der Waals surface area contributed by atoms with Crippen LogP contribution in [-0.4, -0.2) is 37.3 Å². The number of aromatic nitrogens is 1. The maximum Gasteiger partial charge on any atom is 0.261 e. The van der Waals surface area contributed by atoms with Crippen LogP contribution in [0.5, 0.6) is 17.2 Å². The highest BCUT2D eigenvalue weighted by Gasteiger charge is 2.16. The van der Waals surface area contributed by atoms with E-state index in [2.05, 4.69) is 15.6 Å². The topological polar surface area (TPSA) is 81.7 Å². The van der Waals surface area contributed by atoms with Gasteiger partial charge in [0.1, 0.15) is 5.75 Å². The van der Waals surface area contributed by atoms with Crippen molar-refractivity contribution in [3.8, 4) is 28.5 Å². The number of thiazole rings is 1. The van der Waals surface area contributed by atoms with Crippen molar-refractivity contribution in [2.75, 3.05) is 26.6 Å². The number of nitrogens with one attached hydrogen (secondary N) is 2. The number of hydrogen-bond acceptors (Lipinski definition) is 7. The van der Waals surface area contributed by atoms with Gasteiger partial charge in [-0.2, -0.15) is 0 Å². The zero-order chi connectivity index (χ0) is 23.4. The molecule has 0 saturated heterocycles. The first-order valence-corrected chi connectivity index (χ1v) is 11.2. The number of methoxy groups -OCH3 is 3. The van der Waals surface area contributed by atoms with E-state index < -0.39 is 0 Å². The van der Waals surface area contributed by atoms with E-state index in [1.165, 1.54) is 18.4 Å². The molecule has 0 unspecified atom stereocenters. The molecule has 168 valence electrons. The summed E-state index contributed by atoms with van der Waals surface area (Å²) in [6.45, 7) is 0. The van der Waals surface area contributed by atoms with E-state index in [-0.39, 0.29) is 11.0 Å². The Kier molecular flexibility index (Phi) is 6.71. The molecule has 4 aromatic rings. The van der Waals surface area contributed by atoms with Crippen LogP contribution in [0.4, 0.5) is 5.13 Å². The molecule has 0 aliphatic heterocycles. The van der Waals surface area contributed by atoms with Crippen molar-refractivity contribution in [2.45, 2.75) is 0 Å². The molecular weight excluding hydrogens is 458 g/mol. The van der Waals surface area contributed by atoms with E-state index in [9.17, 15) is 4.79 Å². The lowest BCUT2D eigenvalue weighted by Crippen LogP contribution is -2.34. The van der Waals surface area contributed by atoms with Gasteiger partial charge in [-0.25, -0.2) is 4.98 Å². The van der Waals surface area contributed by atoms with E-state index in [1.807, 2.05) is 53.9 Å². The third-order valence-corrected chi connectivity index (χ3v) is 5.91. The number of carbonyl (C=O) groups is 1. The monoisotopic (exact) mass is 479 g/mol. The van der Waals surface area contributed by atoms with Crippen LogP contribution in [-0.2, 0) is 0 Å². The van der Waals surface area contributed by atoms with Crippen molar-refractivity contribution < 1.29 is 19.0 Å². The van der Waals surface area contributed by atoms with Crippen molar-refractivity contribution in [3.63, 3.8) is 0 Å². The van der Waals surface area contributed by atoms with E-state index >= 15 is 0 Å². The van der Waals surface area contributed by atoms with Gasteiger partial charge in [0.2, 0.25) is 0 Å². The molecule has 1 aromatic heterocycles. The van der Waals surface area contributed by atoms with Crippen LogP contribution in [0.2, 0.25) is 0 Å². The zero-order valence-electron chi connectivity index (χ0n) is 18.2. The summed E-state index contributed by atoms with van der Waals surface area (Å²) in [5.41, 5.74) is 2.01. The normalized spacial score (nSPS) is 10.5. The molecule has 0 bridgehead atoms. The van der Waals surface area contributed by atoms with Crippen molar-refractivity contribution in [2.24, 2.45) is 0 Å². The molecular formula is C24H21N3O4S2. The standard InChI is InChI=1S/C24H21N3O4S2/c1-29-19-9-8-16(12-21(19)31-3)18-13-33-24(25-18)27-23(32)26-22(28)17-10-14-6-4-5-7-15(14)11-20(17)30-2/h4-13H,1-3H3,(H2,25,26,27,28,32). The minimum Gasteiger partial charge on any atom is -0.496 e. The van der Waals surface area contributed by atoms with Gasteiger partial charge in [-0.1, -0.05) is 24.3 Å². The molecule has 0 aliphatic carbocycles. The second kappa shape index (κ2) is 9.85. The smallest absolute Gasteiger partial charge is 0.261 e. The summed E-state index contributed by atoms with van der Waals surface area (Å²) in [5, 5.41) is 10.2. The van der Waals surface area contributed by atoms with Crippen LogP contribution >= 0.6 is 23.6 Å². The number of anilines is 1. The van der Waals surface area contributed by atoms with E-state index in [0.717, 1.165) is 22.0 Å². The zero-order valence-corrected chi connectivity index (χ0v) is 19.8. The lowest BCUT2D eigenvalue weighted by atomic mass is 10.1. The summed E-state index contributed by atoms with van der Waals surface area (Å²) in [6, 6.07) is 16.9. The van der Waals surface area contributed by atoms with Crippen LogP contribution in [0.1, 0.15) is 10.4 Å². The first-order chi connectivity index (χ1) is 16.0. The van der Waals surface area contributed by atoms with Gasteiger partial charge in [0.05, 0.1) is 32.6 Å². The summed E-state index contributed by atoms with van der Waals surface area (Å²) in [4.78, 5) is 17.4. The summed E-state index contributed by atoms with van der Waals surface area (Å²) in [6.07, 6.45) is 0. The van der Waals surface area contributed by atoms with Crippen LogP contribution in [0, 0.1) is 0 Å². The molecule has 33 heavy (non-hydrogen) atoms. The van der Waals surface area contributed by atoms with Crippen molar-refractivity contribution >= 4 is 50.5 Å². The number of nitrogens with zero attached hydrogens (tertiary/aromatic N) is 1. The van der Waals surface area contributed by atoms with Gasteiger partial charge >= 0.3 is 0 Å². The predicted octanol–water partition coefficient (Wildman–Crippen LogP) is 5.12. The molecule has 3 aromatic carbocycles. The van der Waals surface area contributed by atoms with Gasteiger partial charge in [-0.05, 0) is 53.3 Å². The molecule has 0 aliphatic rings. The number of fused-ring (bicyclic) bond motifs is 1. The first-order valence-electron chi connectivity index (χ1n) is 9.89. The van der Waals surface area contributed by atoms with Crippen LogP contribution in [0.3, 0.4) is 0 Å². The Morgan fingerprint density at radius 1 is 0.909 bits per heavy atom. The molecule has 0 atom stereocenters. The molecule has 0 radical (unpaired) electrons. The highest BCUT2D eigenvalue weighted by molar-refractivity contribution is 7.80. The first kappa shape index (κ1) is 22.5. The summed E-state index contributed by atoms with van der Waals surface area (Å²) in [7, 11) is 4.70. The highest BCUT2D eigenvalue weighted by atomic mass is 32.1. The van der Waals surface area contributed by atoms with Gasteiger partial charge in [0, 0.05) is 10.9 Å². The van der Waals surface area contributed by atoms with Gasteiger partial charge in [-0.3, -0.25) is 10.1 Å². The molecule has 7 nitrogen and oxygen atoms in total. The van der Waals surface area contributed by atoms with Gasteiger partial charge in [0.25, 0.3) is 5.91 Å². The summed E-state index contributed by atoms with van der Waals surface area (Å²) < 4.78 is 16.0. The SMILES string of the molecule is COc1ccc(-c2csc(NC(=S)NC(=O)c3cc4ccccc4cc3OC)n2)cc1OC. The fourth-order valence-corrected chi connectivity index (χ4v) is 4.30. The number of benzene rings is 3. The summed E-state index contributed by atoms with van der Waals surface area (Å²) >= 11 is 6.70. The second-order valence-corrected chi connectivity index (χ2v) is 8.18. The van der Waals surface area contributed by atoms with Gasteiger partial charge in [0.15, 0.2) is 21.7 Å². The predicted molar refractivity (Wildman–Crippen MR) is 135 cm³/mol. The Bertz CT molecular complexity index is 1340. The van der Waals surface area contributed by atoms with Crippen molar-refractivity contribution in [1.82, 2.24) is 10.3 Å². The lowest BCUT2D eigenvalue weighted by Gasteiger charge is -2.12. The van der Waals surface area contributed by atoms with Crippen LogP contribution < -0.4 is 24.8 Å². The Hall–Kier alpha value is -3.69. The van der Waals surface area contributed by atoms with Gasteiger partial charge < -0.3 is 19.5 Å². The summed E-state index contributed by atoms with van der Waals surface area (Å²) in [5.74, 6) is 1.36. The molecule has 2 N–H and O–H groups in total. The number of rotatable bonds is 6. The van der Waals surface area contributed by atoms with Crippen LogP contribution in [0.15, 0.2) is 60.0 Å². The maximum atomic E-state index is 12.9. The molecule has 0 spiro atoms. The molecule has 1 heterocycles. The number of ether oxygens (including phenoxy) is 3. The van der Waals surface area contributed by atoms with Gasteiger partial charge in [-0.15, -0.1) is 11.3 Å². The molecule has 9 heteroatoms. The molecule has 4 rings (SSSR count). The second-order valence-electron chi connectivity index (χ2n) is 6.92. The van der Waals surface area contributed by atoms with Crippen LogP contribution in [0.25, 0.3) is 22.0 Å². The largest absolute Gasteiger partial charge is 0.496 e. The molecule has 0 saturated carbocycles. The number of carbonyl (C=O) groups excluding carboxylic acids is 1. The third kappa shape index (κ3) is 4.89. The maximum absolute atomic E-state index is 12.9. The fourth-order valence-electron chi connectivity index (χ4n) is 3.32. The number of amides is 1. The average molecular weight is 480 g/mol. The Morgan fingerprint density at radius 2 is 1.61 bits per heavy atom. The van der Waals surface area contributed by atoms with E-state index in [0.29, 0.717) is 27.9 Å². The molecule has 1 amide bonds.